The van der Waals surface area contributed by atoms with Crippen molar-refractivity contribution in [2.75, 3.05) is 6.54 Å². The van der Waals surface area contributed by atoms with Gasteiger partial charge in [-0.15, -0.1) is 10.2 Å². The molecule has 26 heavy (non-hydrogen) atoms. The molecule has 1 atom stereocenters. The first-order valence-corrected chi connectivity index (χ1v) is 9.12. The van der Waals surface area contributed by atoms with Crippen molar-refractivity contribution in [1.29, 1.82) is 0 Å². The van der Waals surface area contributed by atoms with Crippen molar-refractivity contribution in [3.63, 3.8) is 0 Å². The van der Waals surface area contributed by atoms with Crippen LogP contribution in [0, 0.1) is 0 Å². The smallest absolute Gasteiger partial charge is 0.247 e. The third kappa shape index (κ3) is 3.32. The number of carbonyl (C=O) groups is 1. The van der Waals surface area contributed by atoms with Crippen LogP contribution in [0.4, 0.5) is 0 Å². The number of carbonyl (C=O) groups excluding carboxylic acids is 1. The molecule has 7 heteroatoms. The lowest BCUT2D eigenvalue weighted by Crippen LogP contribution is -2.30. The SMILES string of the molecule is O=C(/C=C/c1cc(Cl)cc(Cl)c1)N1CCCC1c1nnc2ccccn12. The largest absolute Gasteiger partial charge is 0.329 e. The molecule has 3 heterocycles. The second-order valence-corrected chi connectivity index (χ2v) is 7.09. The van der Waals surface area contributed by atoms with E-state index in [-0.39, 0.29) is 11.9 Å². The van der Waals surface area contributed by atoms with Gasteiger partial charge in [0.15, 0.2) is 11.5 Å². The van der Waals surface area contributed by atoms with Crippen molar-refractivity contribution < 1.29 is 4.79 Å². The van der Waals surface area contributed by atoms with Crippen molar-refractivity contribution in [2.24, 2.45) is 0 Å². The first-order chi connectivity index (χ1) is 12.6. The molecule has 1 unspecified atom stereocenters. The molecule has 1 amide bonds. The van der Waals surface area contributed by atoms with E-state index in [2.05, 4.69) is 10.2 Å². The number of fused-ring (bicyclic) bond motifs is 1. The van der Waals surface area contributed by atoms with Gasteiger partial charge in [-0.05, 0) is 54.8 Å². The molecule has 132 valence electrons. The van der Waals surface area contributed by atoms with Crippen LogP contribution in [0.5, 0.6) is 0 Å². The molecule has 0 radical (unpaired) electrons. The molecule has 1 saturated heterocycles. The second-order valence-electron chi connectivity index (χ2n) is 6.21. The van der Waals surface area contributed by atoms with Crippen LogP contribution < -0.4 is 0 Å². The van der Waals surface area contributed by atoms with Gasteiger partial charge in [-0.3, -0.25) is 9.20 Å². The van der Waals surface area contributed by atoms with Gasteiger partial charge >= 0.3 is 0 Å². The number of nitrogens with zero attached hydrogens (tertiary/aromatic N) is 4. The average Bonchev–Trinajstić information content (AvgIpc) is 3.25. The second kappa shape index (κ2) is 7.09. The highest BCUT2D eigenvalue weighted by Gasteiger charge is 2.32. The Labute approximate surface area is 160 Å². The van der Waals surface area contributed by atoms with Crippen LogP contribution in [-0.4, -0.2) is 31.9 Å². The topological polar surface area (TPSA) is 50.5 Å². The first kappa shape index (κ1) is 17.1. The van der Waals surface area contributed by atoms with Crippen molar-refractivity contribution in [2.45, 2.75) is 18.9 Å². The van der Waals surface area contributed by atoms with Gasteiger partial charge in [0.25, 0.3) is 0 Å². The molecule has 0 spiro atoms. The fraction of sp³-hybridized carbons (Fsp3) is 0.211. The summed E-state index contributed by atoms with van der Waals surface area (Å²) in [5.41, 5.74) is 1.57. The van der Waals surface area contributed by atoms with Crippen molar-refractivity contribution in [3.05, 3.63) is 70.1 Å². The number of likely N-dealkylation sites (tertiary alicyclic amines) is 1. The first-order valence-electron chi connectivity index (χ1n) is 8.36. The van der Waals surface area contributed by atoms with Gasteiger partial charge in [-0.25, -0.2) is 0 Å². The van der Waals surface area contributed by atoms with Gasteiger partial charge in [0.2, 0.25) is 5.91 Å². The van der Waals surface area contributed by atoms with Crippen LogP contribution in [0.15, 0.2) is 48.7 Å². The van der Waals surface area contributed by atoms with Crippen LogP contribution in [0.2, 0.25) is 10.0 Å². The lowest BCUT2D eigenvalue weighted by Gasteiger charge is -2.22. The molecule has 0 aliphatic carbocycles. The van der Waals surface area contributed by atoms with Crippen molar-refractivity contribution >= 4 is 40.8 Å². The lowest BCUT2D eigenvalue weighted by atomic mass is 10.2. The molecule has 1 aliphatic rings. The summed E-state index contributed by atoms with van der Waals surface area (Å²) in [6.07, 6.45) is 7.03. The molecule has 0 N–H and O–H groups in total. The van der Waals surface area contributed by atoms with Crippen LogP contribution in [0.1, 0.15) is 30.3 Å². The average molecular weight is 387 g/mol. The summed E-state index contributed by atoms with van der Waals surface area (Å²) in [5.74, 6) is 0.738. The van der Waals surface area contributed by atoms with Crippen LogP contribution >= 0.6 is 23.2 Å². The van der Waals surface area contributed by atoms with Gasteiger partial charge < -0.3 is 4.90 Å². The van der Waals surface area contributed by atoms with E-state index in [1.54, 1.807) is 30.4 Å². The summed E-state index contributed by atoms with van der Waals surface area (Å²) in [7, 11) is 0. The summed E-state index contributed by atoms with van der Waals surface area (Å²) >= 11 is 12.0. The zero-order chi connectivity index (χ0) is 18.1. The maximum atomic E-state index is 12.7. The lowest BCUT2D eigenvalue weighted by molar-refractivity contribution is -0.127. The highest BCUT2D eigenvalue weighted by Crippen LogP contribution is 2.31. The Bertz CT molecular complexity index is 978. The number of hydrogen-bond acceptors (Lipinski definition) is 3. The molecule has 4 rings (SSSR count). The number of rotatable bonds is 3. The fourth-order valence-corrected chi connectivity index (χ4v) is 3.86. The van der Waals surface area contributed by atoms with E-state index in [1.807, 2.05) is 33.7 Å². The molecular weight excluding hydrogens is 371 g/mol. The summed E-state index contributed by atoms with van der Waals surface area (Å²) in [4.78, 5) is 14.6. The number of aromatic nitrogens is 3. The van der Waals surface area contributed by atoms with Gasteiger partial charge in [0, 0.05) is 28.9 Å². The maximum absolute atomic E-state index is 12.7. The Morgan fingerprint density at radius 1 is 1.15 bits per heavy atom. The summed E-state index contributed by atoms with van der Waals surface area (Å²) < 4.78 is 1.94. The van der Waals surface area contributed by atoms with Crippen LogP contribution in [0.25, 0.3) is 11.7 Å². The molecule has 0 saturated carbocycles. The number of pyridine rings is 1. The van der Waals surface area contributed by atoms with E-state index in [1.165, 1.54) is 0 Å². The highest BCUT2D eigenvalue weighted by atomic mass is 35.5. The Kier molecular flexibility index (Phi) is 4.66. The molecule has 5 nitrogen and oxygen atoms in total. The number of amides is 1. The van der Waals surface area contributed by atoms with Gasteiger partial charge in [-0.2, -0.15) is 0 Å². The monoisotopic (exact) mass is 386 g/mol. The van der Waals surface area contributed by atoms with Crippen molar-refractivity contribution in [3.8, 4) is 0 Å². The third-order valence-electron chi connectivity index (χ3n) is 4.48. The standard InChI is InChI=1S/C19H16Cl2N4O/c20-14-10-13(11-15(21)12-14)6-7-18(26)24-9-3-4-16(24)19-23-22-17-5-1-2-8-25(17)19/h1-2,5-8,10-12,16H,3-4,9H2/b7-6+. The van der Waals surface area contributed by atoms with Gasteiger partial charge in [-0.1, -0.05) is 29.3 Å². The molecule has 2 aromatic heterocycles. The van der Waals surface area contributed by atoms with Gasteiger partial charge in [0.1, 0.15) is 0 Å². The molecule has 1 aromatic carbocycles. The number of hydrogen-bond donors (Lipinski definition) is 0. The van der Waals surface area contributed by atoms with E-state index >= 15 is 0 Å². The predicted molar refractivity (Wildman–Crippen MR) is 102 cm³/mol. The molecular formula is C19H16Cl2N4O. The van der Waals surface area contributed by atoms with E-state index in [9.17, 15) is 4.79 Å². The molecule has 1 aliphatic heterocycles. The predicted octanol–water partition coefficient (Wildman–Crippen LogP) is 4.41. The van der Waals surface area contributed by atoms with Crippen LogP contribution in [-0.2, 0) is 4.79 Å². The minimum absolute atomic E-state index is 0.0590. The Balaban J connectivity index is 1.58. The zero-order valence-electron chi connectivity index (χ0n) is 13.8. The van der Waals surface area contributed by atoms with Gasteiger partial charge in [0.05, 0.1) is 6.04 Å². The summed E-state index contributed by atoms with van der Waals surface area (Å²) in [5, 5.41) is 9.59. The van der Waals surface area contributed by atoms with E-state index in [4.69, 9.17) is 23.2 Å². The fourth-order valence-electron chi connectivity index (χ4n) is 3.32. The van der Waals surface area contributed by atoms with E-state index in [0.717, 1.165) is 29.9 Å². The Hall–Kier alpha value is -2.37. The minimum atomic E-state index is -0.0764. The third-order valence-corrected chi connectivity index (χ3v) is 4.91. The van der Waals surface area contributed by atoms with Crippen LogP contribution in [0.3, 0.4) is 0 Å². The summed E-state index contributed by atoms with van der Waals surface area (Å²) in [6.45, 7) is 0.700. The normalized spacial score (nSPS) is 17.5. The molecule has 0 bridgehead atoms. The number of benzene rings is 1. The van der Waals surface area contributed by atoms with E-state index in [0.29, 0.717) is 16.6 Å². The van der Waals surface area contributed by atoms with E-state index < -0.39 is 0 Å². The highest BCUT2D eigenvalue weighted by molar-refractivity contribution is 6.34. The maximum Gasteiger partial charge on any atom is 0.247 e. The quantitative estimate of drug-likeness (QED) is 0.626. The Morgan fingerprint density at radius 2 is 1.96 bits per heavy atom. The summed E-state index contributed by atoms with van der Waals surface area (Å²) in [6, 6.07) is 10.9. The molecule has 3 aromatic rings. The Morgan fingerprint density at radius 3 is 2.77 bits per heavy atom. The van der Waals surface area contributed by atoms with Crippen molar-refractivity contribution in [1.82, 2.24) is 19.5 Å². The minimum Gasteiger partial charge on any atom is -0.329 e. The zero-order valence-corrected chi connectivity index (χ0v) is 15.4. The number of halogens is 2. The molecule has 1 fully saturated rings.